The molecule has 1 unspecified atom stereocenters. The van der Waals surface area contributed by atoms with Crippen molar-refractivity contribution < 1.29 is 23.9 Å². The molecular formula is C25H41BN4O5Si. The zero-order chi connectivity index (χ0) is 26.3. The molecule has 2 aliphatic heterocycles. The third-order valence-electron chi connectivity index (χ3n) is 7.59. The van der Waals surface area contributed by atoms with Crippen LogP contribution in [0, 0.1) is 0 Å². The van der Waals surface area contributed by atoms with Crippen molar-refractivity contribution in [2.75, 3.05) is 25.0 Å². The van der Waals surface area contributed by atoms with Crippen LogP contribution in [0.3, 0.4) is 0 Å². The number of amides is 1. The number of fused-ring (bicyclic) bond motifs is 1. The molecule has 0 aliphatic carbocycles. The van der Waals surface area contributed by atoms with Crippen LogP contribution in [0.5, 0.6) is 0 Å². The van der Waals surface area contributed by atoms with Crippen LogP contribution in [-0.2, 0) is 20.8 Å². The summed E-state index contributed by atoms with van der Waals surface area (Å²) in [6, 6.07) is 3.14. The zero-order valence-corrected chi connectivity index (χ0v) is 23.8. The Bertz CT molecular complexity index is 1080. The maximum absolute atomic E-state index is 11.6. The molecule has 4 rings (SSSR count). The van der Waals surface area contributed by atoms with Gasteiger partial charge in [-0.2, -0.15) is 0 Å². The van der Waals surface area contributed by atoms with E-state index in [1.165, 1.54) is 4.90 Å². The standard InChI is InChI=1S/C25H41BN4O5Si/c1-24(2)25(3,4)35-26(34-24)20-15-27-22-19(10-12-30(22)17-33-13-14-36(5,6)7)21(20)28-18-9-8-11-29(16-18)23(31)32/h10,12,15,18H,8-9,11,13-14,16-17H2,1-7H3,(H,27,28)(H,31,32). The first-order valence-corrected chi connectivity index (χ1v) is 16.6. The van der Waals surface area contributed by atoms with Gasteiger partial charge in [-0.1, -0.05) is 19.6 Å². The average Bonchev–Trinajstić information content (AvgIpc) is 3.28. The second-order valence-corrected chi connectivity index (χ2v) is 17.9. The molecule has 0 radical (unpaired) electrons. The summed E-state index contributed by atoms with van der Waals surface area (Å²) < 4.78 is 20.8. The van der Waals surface area contributed by atoms with Gasteiger partial charge in [0.1, 0.15) is 12.4 Å². The number of piperidine rings is 1. The molecule has 2 aromatic heterocycles. The molecule has 9 nitrogen and oxygen atoms in total. The molecule has 0 saturated carbocycles. The number of nitrogens with zero attached hydrogens (tertiary/aromatic N) is 3. The van der Waals surface area contributed by atoms with Gasteiger partial charge in [0.15, 0.2) is 0 Å². The number of carboxylic acid groups (broad SMARTS) is 1. The van der Waals surface area contributed by atoms with Crippen LogP contribution in [0.1, 0.15) is 40.5 Å². The largest absolute Gasteiger partial charge is 0.498 e. The predicted octanol–water partition coefficient (Wildman–Crippen LogP) is 4.20. The van der Waals surface area contributed by atoms with Crippen LogP contribution < -0.4 is 10.8 Å². The van der Waals surface area contributed by atoms with E-state index >= 15 is 0 Å². The minimum absolute atomic E-state index is 0.0158. The Morgan fingerprint density at radius 1 is 1.28 bits per heavy atom. The molecule has 2 aromatic rings. The van der Waals surface area contributed by atoms with Crippen LogP contribution in [0.15, 0.2) is 18.5 Å². The summed E-state index contributed by atoms with van der Waals surface area (Å²) in [5.74, 6) is 0. The van der Waals surface area contributed by atoms with Gasteiger partial charge < -0.3 is 33.9 Å². The first-order valence-electron chi connectivity index (χ1n) is 12.9. The Morgan fingerprint density at radius 3 is 2.61 bits per heavy atom. The first kappa shape index (κ1) is 27.0. The van der Waals surface area contributed by atoms with Gasteiger partial charge in [0.2, 0.25) is 0 Å². The third kappa shape index (κ3) is 5.74. The monoisotopic (exact) mass is 516 g/mol. The number of carbonyl (C=O) groups is 1. The average molecular weight is 517 g/mol. The Hall–Kier alpha value is -2.08. The van der Waals surface area contributed by atoms with Gasteiger partial charge in [-0.3, -0.25) is 0 Å². The number of pyridine rings is 1. The van der Waals surface area contributed by atoms with Crippen LogP contribution >= 0.6 is 0 Å². The molecule has 198 valence electrons. The van der Waals surface area contributed by atoms with E-state index in [4.69, 9.17) is 19.0 Å². The topological polar surface area (TPSA) is 98.1 Å². The van der Waals surface area contributed by atoms with E-state index in [9.17, 15) is 9.90 Å². The lowest BCUT2D eigenvalue weighted by molar-refractivity contribution is 0.00578. The van der Waals surface area contributed by atoms with Crippen molar-refractivity contribution in [1.29, 1.82) is 0 Å². The summed E-state index contributed by atoms with van der Waals surface area (Å²) in [5, 5.41) is 14.1. The van der Waals surface area contributed by atoms with Crippen LogP contribution in [0.4, 0.5) is 10.5 Å². The van der Waals surface area contributed by atoms with Gasteiger partial charge in [0.05, 0.1) is 11.2 Å². The number of hydrogen-bond donors (Lipinski definition) is 2. The normalized spacial score (nSPS) is 21.8. The fraction of sp³-hybridized carbons (Fsp3) is 0.680. The maximum Gasteiger partial charge on any atom is 0.498 e. The van der Waals surface area contributed by atoms with E-state index in [1.807, 2.05) is 50.7 Å². The molecule has 1 atom stereocenters. The molecule has 4 heterocycles. The van der Waals surface area contributed by atoms with E-state index < -0.39 is 32.5 Å². The molecule has 2 aliphatic rings. The summed E-state index contributed by atoms with van der Waals surface area (Å²) in [5.41, 5.74) is 1.56. The highest BCUT2D eigenvalue weighted by Crippen LogP contribution is 2.38. The number of aromatic nitrogens is 2. The van der Waals surface area contributed by atoms with Crippen LogP contribution in [0.25, 0.3) is 11.0 Å². The number of hydrogen-bond acceptors (Lipinski definition) is 6. The molecule has 2 saturated heterocycles. The molecule has 11 heteroatoms. The van der Waals surface area contributed by atoms with E-state index in [0.717, 1.165) is 47.7 Å². The van der Waals surface area contributed by atoms with E-state index in [0.29, 0.717) is 19.8 Å². The Morgan fingerprint density at radius 2 is 1.97 bits per heavy atom. The Labute approximate surface area is 215 Å². The lowest BCUT2D eigenvalue weighted by atomic mass is 9.78. The van der Waals surface area contributed by atoms with Crippen molar-refractivity contribution in [2.24, 2.45) is 0 Å². The lowest BCUT2D eigenvalue weighted by Gasteiger charge is -2.32. The van der Waals surface area contributed by atoms with Gasteiger partial charge in [0, 0.05) is 62.7 Å². The number of anilines is 1. The zero-order valence-electron chi connectivity index (χ0n) is 22.8. The SMILES string of the molecule is CC1(C)OB(c2cnc3c(ccn3COCC[Si](C)(C)C)c2NC2CCCN(C(=O)O)C2)OC1(C)C. The molecule has 0 spiro atoms. The van der Waals surface area contributed by atoms with Crippen molar-refractivity contribution in [3.05, 3.63) is 18.5 Å². The van der Waals surface area contributed by atoms with Gasteiger partial charge in [-0.15, -0.1) is 0 Å². The first-order chi connectivity index (χ1) is 16.8. The molecule has 36 heavy (non-hydrogen) atoms. The van der Waals surface area contributed by atoms with Crippen LogP contribution in [0.2, 0.25) is 25.7 Å². The summed E-state index contributed by atoms with van der Waals surface area (Å²) in [6.07, 6.45) is 4.64. The van der Waals surface area contributed by atoms with Gasteiger partial charge in [-0.25, -0.2) is 9.78 Å². The molecule has 2 fully saturated rings. The highest BCUT2D eigenvalue weighted by Gasteiger charge is 2.52. The van der Waals surface area contributed by atoms with E-state index in [1.54, 1.807) is 0 Å². The van der Waals surface area contributed by atoms with Crippen molar-refractivity contribution in [1.82, 2.24) is 14.5 Å². The lowest BCUT2D eigenvalue weighted by Crippen LogP contribution is -2.46. The molecule has 2 N–H and O–H groups in total. The van der Waals surface area contributed by atoms with Crippen LogP contribution in [-0.4, -0.2) is 77.8 Å². The quantitative estimate of drug-likeness (QED) is 0.401. The number of likely N-dealkylation sites (tertiary alicyclic amines) is 1. The predicted molar refractivity (Wildman–Crippen MR) is 146 cm³/mol. The Kier molecular flexibility index (Phi) is 7.49. The van der Waals surface area contributed by atoms with Crippen molar-refractivity contribution in [2.45, 2.75) is 90.2 Å². The van der Waals surface area contributed by atoms with Gasteiger partial charge in [-0.05, 0) is 52.6 Å². The second kappa shape index (κ2) is 10.00. The van der Waals surface area contributed by atoms with E-state index in [2.05, 4.69) is 25.0 Å². The molecule has 1 amide bonds. The minimum Gasteiger partial charge on any atom is -0.465 e. The number of rotatable bonds is 8. The summed E-state index contributed by atoms with van der Waals surface area (Å²) >= 11 is 0. The molecule has 0 bridgehead atoms. The summed E-state index contributed by atoms with van der Waals surface area (Å²) in [6.45, 7) is 17.3. The van der Waals surface area contributed by atoms with Gasteiger partial charge >= 0.3 is 13.2 Å². The van der Waals surface area contributed by atoms with Crippen molar-refractivity contribution >= 4 is 43.5 Å². The maximum atomic E-state index is 11.6. The third-order valence-corrected chi connectivity index (χ3v) is 9.30. The Balaban J connectivity index is 1.64. The van der Waals surface area contributed by atoms with Crippen molar-refractivity contribution in [3.63, 3.8) is 0 Å². The fourth-order valence-corrected chi connectivity index (χ4v) is 5.34. The van der Waals surface area contributed by atoms with Gasteiger partial charge in [0.25, 0.3) is 0 Å². The summed E-state index contributed by atoms with van der Waals surface area (Å²) in [7, 11) is -1.74. The highest BCUT2D eigenvalue weighted by molar-refractivity contribution is 6.76. The second-order valence-electron chi connectivity index (χ2n) is 12.3. The molecular weight excluding hydrogens is 475 g/mol. The fourth-order valence-electron chi connectivity index (χ4n) is 4.58. The minimum atomic E-state index is -1.16. The number of ether oxygens (including phenoxy) is 1. The van der Waals surface area contributed by atoms with Crippen molar-refractivity contribution in [3.8, 4) is 0 Å². The summed E-state index contributed by atoms with van der Waals surface area (Å²) in [4.78, 5) is 17.9. The number of nitrogens with one attached hydrogen (secondary N) is 1. The van der Waals surface area contributed by atoms with E-state index in [-0.39, 0.29) is 6.04 Å². The smallest absolute Gasteiger partial charge is 0.465 e. The highest BCUT2D eigenvalue weighted by atomic mass is 28.3. The molecule has 0 aromatic carbocycles.